The monoisotopic (exact) mass is 259 g/mol. The van der Waals surface area contributed by atoms with Crippen molar-refractivity contribution >= 4 is 11.7 Å². The minimum absolute atomic E-state index is 0.651. The van der Waals surface area contributed by atoms with E-state index in [1.54, 1.807) is 0 Å². The maximum atomic E-state index is 13.6. The van der Waals surface area contributed by atoms with Crippen molar-refractivity contribution in [2.45, 2.75) is 26.4 Å². The van der Waals surface area contributed by atoms with Crippen molar-refractivity contribution in [1.29, 1.82) is 0 Å². The van der Waals surface area contributed by atoms with E-state index in [1.165, 1.54) is 20.8 Å². The van der Waals surface area contributed by atoms with Gasteiger partial charge in [-0.3, -0.25) is 10.1 Å². The summed E-state index contributed by atoms with van der Waals surface area (Å²) in [6, 6.07) is 1.30. The van der Waals surface area contributed by atoms with Gasteiger partial charge >= 0.3 is 11.7 Å². The minimum atomic E-state index is -1.53. The first-order valence-corrected chi connectivity index (χ1v) is 4.99. The van der Waals surface area contributed by atoms with E-state index in [0.29, 0.717) is 12.1 Å². The molecular formula is C11H11F2NO4. The Morgan fingerprint density at radius 1 is 1.33 bits per heavy atom. The lowest BCUT2D eigenvalue weighted by atomic mass is 10.1. The highest BCUT2D eigenvalue weighted by Gasteiger charge is 2.29. The molecule has 1 aromatic rings. The van der Waals surface area contributed by atoms with Crippen molar-refractivity contribution < 1.29 is 23.2 Å². The van der Waals surface area contributed by atoms with Gasteiger partial charge in [0.15, 0.2) is 0 Å². The maximum absolute atomic E-state index is 13.6. The van der Waals surface area contributed by atoms with E-state index in [2.05, 4.69) is 0 Å². The van der Waals surface area contributed by atoms with Gasteiger partial charge in [-0.2, -0.15) is 4.39 Å². The van der Waals surface area contributed by atoms with Crippen LogP contribution in [-0.2, 0) is 4.74 Å². The number of carbonyl (C=O) groups is 1. The van der Waals surface area contributed by atoms with Gasteiger partial charge in [0.05, 0.1) is 4.92 Å². The smallest absolute Gasteiger partial charge is 0.344 e. The highest BCUT2D eigenvalue weighted by Crippen LogP contribution is 2.25. The van der Waals surface area contributed by atoms with Gasteiger partial charge in [0.25, 0.3) is 0 Å². The molecule has 0 saturated carbocycles. The van der Waals surface area contributed by atoms with Crippen LogP contribution in [0.2, 0.25) is 0 Å². The third-order valence-electron chi connectivity index (χ3n) is 1.87. The maximum Gasteiger partial charge on any atom is 0.344 e. The summed E-state index contributed by atoms with van der Waals surface area (Å²) in [5, 5.41) is 10.5. The topological polar surface area (TPSA) is 69.4 Å². The van der Waals surface area contributed by atoms with Crippen LogP contribution in [0.25, 0.3) is 0 Å². The SMILES string of the molecule is CC(C)(C)OC(=O)c1c(F)ccc([N+](=O)[O-])c1F. The fourth-order valence-electron chi connectivity index (χ4n) is 1.20. The average Bonchev–Trinajstić information content (AvgIpc) is 2.13. The Bertz CT molecular complexity index is 509. The Kier molecular flexibility index (Phi) is 3.64. The molecule has 0 atom stereocenters. The average molecular weight is 259 g/mol. The van der Waals surface area contributed by atoms with Crippen LogP contribution in [0.3, 0.4) is 0 Å². The summed E-state index contributed by atoms with van der Waals surface area (Å²) in [5.41, 5.74) is -2.99. The molecule has 0 aromatic heterocycles. The first-order valence-electron chi connectivity index (χ1n) is 4.99. The number of rotatable bonds is 2. The van der Waals surface area contributed by atoms with Crippen molar-refractivity contribution in [3.8, 4) is 0 Å². The summed E-state index contributed by atoms with van der Waals surface area (Å²) >= 11 is 0. The van der Waals surface area contributed by atoms with E-state index < -0.39 is 39.4 Å². The predicted octanol–water partition coefficient (Wildman–Crippen LogP) is 2.83. The number of benzene rings is 1. The largest absolute Gasteiger partial charge is 0.456 e. The number of esters is 1. The summed E-state index contributed by atoms with van der Waals surface area (Å²) in [6.45, 7) is 4.54. The molecule has 7 heteroatoms. The molecular weight excluding hydrogens is 248 g/mol. The molecule has 0 fully saturated rings. The summed E-state index contributed by atoms with van der Waals surface area (Å²) in [4.78, 5) is 21.0. The molecule has 0 bridgehead atoms. The van der Waals surface area contributed by atoms with E-state index in [0.717, 1.165) is 0 Å². The lowest BCUT2D eigenvalue weighted by Gasteiger charge is -2.19. The molecule has 1 aromatic carbocycles. The van der Waals surface area contributed by atoms with Crippen molar-refractivity contribution in [2.75, 3.05) is 0 Å². The third-order valence-corrected chi connectivity index (χ3v) is 1.87. The zero-order valence-corrected chi connectivity index (χ0v) is 9.99. The zero-order chi connectivity index (χ0) is 14.1. The summed E-state index contributed by atoms with van der Waals surface area (Å²) in [5.74, 6) is -4.01. The molecule has 0 aliphatic heterocycles. The van der Waals surface area contributed by atoms with Crippen LogP contribution in [0.5, 0.6) is 0 Å². The number of halogens is 2. The van der Waals surface area contributed by atoms with Gasteiger partial charge < -0.3 is 4.74 Å². The Morgan fingerprint density at radius 2 is 1.89 bits per heavy atom. The Labute approximate surface area is 102 Å². The first kappa shape index (κ1) is 14.0. The molecule has 98 valence electrons. The van der Waals surface area contributed by atoms with Crippen LogP contribution in [-0.4, -0.2) is 16.5 Å². The number of hydrogen-bond donors (Lipinski definition) is 0. The van der Waals surface area contributed by atoms with Crippen LogP contribution in [0.15, 0.2) is 12.1 Å². The quantitative estimate of drug-likeness (QED) is 0.465. The van der Waals surface area contributed by atoms with Crippen LogP contribution in [0.4, 0.5) is 14.5 Å². The van der Waals surface area contributed by atoms with Crippen molar-refractivity contribution in [3.05, 3.63) is 39.4 Å². The van der Waals surface area contributed by atoms with Gasteiger partial charge in [0.1, 0.15) is 17.0 Å². The summed E-state index contributed by atoms with van der Waals surface area (Å²) < 4.78 is 31.8. The fraction of sp³-hybridized carbons (Fsp3) is 0.364. The highest BCUT2D eigenvalue weighted by molar-refractivity contribution is 5.91. The fourth-order valence-corrected chi connectivity index (χ4v) is 1.20. The summed E-state index contributed by atoms with van der Waals surface area (Å²) in [7, 11) is 0. The molecule has 0 aliphatic rings. The second-order valence-corrected chi connectivity index (χ2v) is 4.51. The number of nitro groups is 1. The zero-order valence-electron chi connectivity index (χ0n) is 9.99. The van der Waals surface area contributed by atoms with Crippen LogP contribution < -0.4 is 0 Å². The lowest BCUT2D eigenvalue weighted by molar-refractivity contribution is -0.387. The standard InChI is InChI=1S/C11H11F2NO4/c1-11(2,3)18-10(15)8-6(12)4-5-7(9(8)13)14(16)17/h4-5H,1-3H3. The molecule has 0 heterocycles. The third kappa shape index (κ3) is 2.99. The van der Waals surface area contributed by atoms with Crippen molar-refractivity contribution in [3.63, 3.8) is 0 Å². The normalized spacial score (nSPS) is 11.2. The van der Waals surface area contributed by atoms with Gasteiger partial charge in [0, 0.05) is 6.07 Å². The predicted molar refractivity (Wildman–Crippen MR) is 58.2 cm³/mol. The van der Waals surface area contributed by atoms with Crippen molar-refractivity contribution in [1.82, 2.24) is 0 Å². The molecule has 0 aliphatic carbocycles. The Hall–Kier alpha value is -2.05. The first-order chi connectivity index (χ1) is 8.13. The molecule has 0 N–H and O–H groups in total. The van der Waals surface area contributed by atoms with E-state index in [4.69, 9.17) is 4.74 Å². The van der Waals surface area contributed by atoms with Gasteiger partial charge in [-0.05, 0) is 26.8 Å². The lowest BCUT2D eigenvalue weighted by Crippen LogP contribution is -2.25. The molecule has 18 heavy (non-hydrogen) atoms. The molecule has 1 rings (SSSR count). The second kappa shape index (κ2) is 4.67. The molecule has 0 radical (unpaired) electrons. The van der Waals surface area contributed by atoms with Gasteiger partial charge in [0.2, 0.25) is 5.82 Å². The minimum Gasteiger partial charge on any atom is -0.456 e. The van der Waals surface area contributed by atoms with Gasteiger partial charge in [-0.25, -0.2) is 9.18 Å². The molecule has 0 amide bonds. The number of ether oxygens (including phenoxy) is 1. The van der Waals surface area contributed by atoms with Crippen LogP contribution >= 0.6 is 0 Å². The van der Waals surface area contributed by atoms with E-state index in [-0.39, 0.29) is 0 Å². The summed E-state index contributed by atoms with van der Waals surface area (Å²) in [6.07, 6.45) is 0. The van der Waals surface area contributed by atoms with Gasteiger partial charge in [-0.15, -0.1) is 0 Å². The Balaban J connectivity index is 3.28. The molecule has 0 unspecified atom stereocenters. The number of nitro benzene ring substituents is 1. The van der Waals surface area contributed by atoms with E-state index in [1.807, 2.05) is 0 Å². The second-order valence-electron chi connectivity index (χ2n) is 4.51. The van der Waals surface area contributed by atoms with E-state index in [9.17, 15) is 23.7 Å². The number of carbonyl (C=O) groups excluding carboxylic acids is 1. The van der Waals surface area contributed by atoms with Crippen LogP contribution in [0.1, 0.15) is 31.1 Å². The number of nitrogens with zero attached hydrogens (tertiary/aromatic N) is 1. The molecule has 0 spiro atoms. The van der Waals surface area contributed by atoms with E-state index >= 15 is 0 Å². The van der Waals surface area contributed by atoms with Crippen molar-refractivity contribution in [2.24, 2.45) is 0 Å². The highest BCUT2D eigenvalue weighted by atomic mass is 19.1. The molecule has 0 saturated heterocycles. The Morgan fingerprint density at radius 3 is 2.33 bits per heavy atom. The van der Waals surface area contributed by atoms with Gasteiger partial charge in [-0.1, -0.05) is 0 Å². The van der Waals surface area contributed by atoms with Crippen LogP contribution in [0, 0.1) is 21.7 Å². The number of hydrogen-bond acceptors (Lipinski definition) is 4. The molecule has 5 nitrogen and oxygen atoms in total.